The van der Waals surface area contributed by atoms with Crippen LogP contribution in [-0.2, 0) is 6.42 Å². The Morgan fingerprint density at radius 2 is 2.11 bits per heavy atom. The molecule has 2 rings (SSSR count). The lowest BCUT2D eigenvalue weighted by atomic mass is 10.0. The molecule has 0 bridgehead atoms. The highest BCUT2D eigenvalue weighted by Crippen LogP contribution is 2.28. The first-order chi connectivity index (χ1) is 9.11. The maximum Gasteiger partial charge on any atom is 0.135 e. The molecular weight excluding hydrogens is 316 g/mol. The van der Waals surface area contributed by atoms with E-state index in [0.717, 1.165) is 17.1 Å². The zero-order chi connectivity index (χ0) is 13.8. The molecule has 0 radical (unpaired) electrons. The number of hydrogen-bond acceptors (Lipinski definition) is 2. The Morgan fingerprint density at radius 3 is 2.68 bits per heavy atom. The summed E-state index contributed by atoms with van der Waals surface area (Å²) >= 11 is 3.39. The number of nitrogens with one attached hydrogen (secondary N) is 1. The maximum absolute atomic E-state index is 13.7. The van der Waals surface area contributed by atoms with Gasteiger partial charge in [-0.2, -0.15) is 0 Å². The zero-order valence-electron chi connectivity index (χ0n) is 10.4. The molecule has 1 unspecified atom stereocenters. The van der Waals surface area contributed by atoms with Gasteiger partial charge in [0.15, 0.2) is 0 Å². The summed E-state index contributed by atoms with van der Waals surface area (Å²) in [4.78, 5) is 0. The van der Waals surface area contributed by atoms with Crippen LogP contribution in [0.1, 0.15) is 24.3 Å². The number of rotatable bonds is 5. The second kappa shape index (κ2) is 6.30. The van der Waals surface area contributed by atoms with Crippen molar-refractivity contribution in [2.75, 3.05) is 6.54 Å². The number of likely N-dealkylation sites (N-methyl/N-ethyl adjacent to an activating group) is 1. The topological polar surface area (TPSA) is 25.2 Å². The van der Waals surface area contributed by atoms with E-state index in [1.807, 2.05) is 6.92 Å². The molecule has 0 spiro atoms. The minimum absolute atomic E-state index is 0.158. The molecule has 1 aromatic heterocycles. The summed E-state index contributed by atoms with van der Waals surface area (Å²) in [6.07, 6.45) is 1.97. The van der Waals surface area contributed by atoms with Crippen molar-refractivity contribution in [2.45, 2.75) is 19.4 Å². The summed E-state index contributed by atoms with van der Waals surface area (Å²) in [5.41, 5.74) is 0.454. The lowest BCUT2D eigenvalue weighted by molar-refractivity contribution is 0.410. The van der Waals surface area contributed by atoms with Gasteiger partial charge in [0.2, 0.25) is 0 Å². The molecule has 2 aromatic rings. The summed E-state index contributed by atoms with van der Waals surface area (Å²) in [7, 11) is 0. The van der Waals surface area contributed by atoms with E-state index < -0.39 is 11.6 Å². The van der Waals surface area contributed by atoms with Crippen LogP contribution in [0.25, 0.3) is 0 Å². The predicted molar refractivity (Wildman–Crippen MR) is 72.9 cm³/mol. The largest absolute Gasteiger partial charge is 0.466 e. The predicted octanol–water partition coefficient (Wildman–Crippen LogP) is 4.21. The molecule has 19 heavy (non-hydrogen) atoms. The normalized spacial score (nSPS) is 12.6. The second-order valence-corrected chi connectivity index (χ2v) is 5.04. The summed E-state index contributed by atoms with van der Waals surface area (Å²) in [6.45, 7) is 2.69. The van der Waals surface area contributed by atoms with Gasteiger partial charge in [0.05, 0.1) is 16.8 Å². The van der Waals surface area contributed by atoms with E-state index >= 15 is 0 Å². The standard InChI is InChI=1S/C14H14BrF2NO/c1-2-18-13(14-11(15)5-6-19-14)7-9-3-4-10(16)8-12(9)17/h3-6,8,13,18H,2,7H2,1H3. The van der Waals surface area contributed by atoms with Gasteiger partial charge < -0.3 is 9.73 Å². The zero-order valence-corrected chi connectivity index (χ0v) is 12.0. The van der Waals surface area contributed by atoms with Gasteiger partial charge in [0, 0.05) is 6.07 Å². The molecular formula is C14H14BrF2NO. The third kappa shape index (κ3) is 3.42. The highest BCUT2D eigenvalue weighted by Gasteiger charge is 2.19. The third-order valence-corrected chi connectivity index (χ3v) is 3.51. The lowest BCUT2D eigenvalue weighted by Gasteiger charge is -2.16. The van der Waals surface area contributed by atoms with Crippen LogP contribution in [0.2, 0.25) is 0 Å². The summed E-state index contributed by atoms with van der Waals surface area (Å²) in [5, 5.41) is 3.23. The fourth-order valence-corrected chi connectivity index (χ4v) is 2.44. The van der Waals surface area contributed by atoms with E-state index in [1.165, 1.54) is 12.1 Å². The van der Waals surface area contributed by atoms with Crippen LogP contribution in [0.5, 0.6) is 0 Å². The van der Waals surface area contributed by atoms with Crippen molar-refractivity contribution in [2.24, 2.45) is 0 Å². The fraction of sp³-hybridized carbons (Fsp3) is 0.286. The minimum Gasteiger partial charge on any atom is -0.466 e. The molecule has 1 aromatic carbocycles. The maximum atomic E-state index is 13.7. The Kier molecular flexibility index (Phi) is 4.71. The highest BCUT2D eigenvalue weighted by molar-refractivity contribution is 9.10. The van der Waals surface area contributed by atoms with Crippen LogP contribution in [0.15, 0.2) is 39.4 Å². The molecule has 0 amide bonds. The van der Waals surface area contributed by atoms with Crippen molar-refractivity contribution in [3.05, 3.63) is 58.0 Å². The summed E-state index contributed by atoms with van der Waals surface area (Å²) < 4.78 is 32.8. The van der Waals surface area contributed by atoms with Crippen molar-refractivity contribution in [1.82, 2.24) is 5.32 Å². The van der Waals surface area contributed by atoms with Gasteiger partial charge in [0.1, 0.15) is 17.4 Å². The van der Waals surface area contributed by atoms with E-state index in [9.17, 15) is 8.78 Å². The van der Waals surface area contributed by atoms with E-state index in [1.54, 1.807) is 12.3 Å². The van der Waals surface area contributed by atoms with Crippen LogP contribution < -0.4 is 5.32 Å². The monoisotopic (exact) mass is 329 g/mol. The Hall–Kier alpha value is -1.20. The number of furan rings is 1. The second-order valence-electron chi connectivity index (χ2n) is 4.18. The smallest absolute Gasteiger partial charge is 0.135 e. The Labute approximate surface area is 118 Å². The first-order valence-corrected chi connectivity index (χ1v) is 6.81. The molecule has 0 aliphatic rings. The Bertz CT molecular complexity index is 556. The van der Waals surface area contributed by atoms with Crippen LogP contribution >= 0.6 is 15.9 Å². The minimum atomic E-state index is -0.569. The number of hydrogen-bond donors (Lipinski definition) is 1. The molecule has 0 fully saturated rings. The fourth-order valence-electron chi connectivity index (χ4n) is 1.97. The SMILES string of the molecule is CCNC(Cc1ccc(F)cc1F)c1occc1Br. The molecule has 0 saturated carbocycles. The number of halogens is 3. The van der Waals surface area contributed by atoms with Crippen molar-refractivity contribution >= 4 is 15.9 Å². The molecule has 0 aliphatic heterocycles. The van der Waals surface area contributed by atoms with Crippen molar-refractivity contribution in [1.29, 1.82) is 0 Å². The van der Waals surface area contributed by atoms with Crippen molar-refractivity contribution in [3.8, 4) is 0 Å². The van der Waals surface area contributed by atoms with Crippen LogP contribution in [0.4, 0.5) is 8.78 Å². The summed E-state index contributed by atoms with van der Waals surface area (Å²) in [6, 6.07) is 5.26. The van der Waals surface area contributed by atoms with Gasteiger partial charge in [-0.3, -0.25) is 0 Å². The van der Waals surface area contributed by atoms with Crippen LogP contribution in [0, 0.1) is 11.6 Å². The molecule has 0 aliphatic carbocycles. The first-order valence-electron chi connectivity index (χ1n) is 6.02. The Morgan fingerprint density at radius 1 is 1.32 bits per heavy atom. The highest BCUT2D eigenvalue weighted by atomic mass is 79.9. The van der Waals surface area contributed by atoms with Gasteiger partial charge in [-0.15, -0.1) is 0 Å². The third-order valence-electron chi connectivity index (χ3n) is 2.85. The summed E-state index contributed by atoms with van der Waals surface area (Å²) in [5.74, 6) is -0.392. The molecule has 2 nitrogen and oxygen atoms in total. The van der Waals surface area contributed by atoms with Crippen molar-refractivity contribution in [3.63, 3.8) is 0 Å². The average Bonchev–Trinajstić information content (AvgIpc) is 2.78. The van der Waals surface area contributed by atoms with Crippen LogP contribution in [-0.4, -0.2) is 6.54 Å². The molecule has 1 atom stereocenters. The van der Waals surface area contributed by atoms with Gasteiger partial charge >= 0.3 is 0 Å². The molecule has 102 valence electrons. The molecule has 1 heterocycles. The van der Waals surface area contributed by atoms with Gasteiger partial charge in [-0.1, -0.05) is 13.0 Å². The van der Waals surface area contributed by atoms with Crippen molar-refractivity contribution < 1.29 is 13.2 Å². The number of benzene rings is 1. The van der Waals surface area contributed by atoms with Crippen LogP contribution in [0.3, 0.4) is 0 Å². The lowest BCUT2D eigenvalue weighted by Crippen LogP contribution is -2.23. The Balaban J connectivity index is 2.24. The average molecular weight is 330 g/mol. The molecule has 5 heteroatoms. The quantitative estimate of drug-likeness (QED) is 0.888. The van der Waals surface area contributed by atoms with E-state index in [2.05, 4.69) is 21.2 Å². The van der Waals surface area contributed by atoms with Gasteiger partial charge in [-0.05, 0) is 46.6 Å². The van der Waals surface area contributed by atoms with E-state index in [0.29, 0.717) is 17.7 Å². The first kappa shape index (κ1) is 14.2. The van der Waals surface area contributed by atoms with Gasteiger partial charge in [-0.25, -0.2) is 8.78 Å². The molecule has 1 N–H and O–H groups in total. The van der Waals surface area contributed by atoms with E-state index in [4.69, 9.17) is 4.42 Å². The molecule has 0 saturated heterocycles. The van der Waals surface area contributed by atoms with Gasteiger partial charge in [0.25, 0.3) is 0 Å². The van der Waals surface area contributed by atoms with E-state index in [-0.39, 0.29) is 6.04 Å².